The highest BCUT2D eigenvalue weighted by molar-refractivity contribution is 9.10. The van der Waals surface area contributed by atoms with Crippen molar-refractivity contribution in [3.8, 4) is 0 Å². The van der Waals surface area contributed by atoms with Crippen molar-refractivity contribution in [1.82, 2.24) is 4.98 Å². The summed E-state index contributed by atoms with van der Waals surface area (Å²) in [6.45, 7) is 3.66. The van der Waals surface area contributed by atoms with Crippen molar-refractivity contribution in [2.75, 3.05) is 30.3 Å². The monoisotopic (exact) mass is 273 g/mol. The number of hydrogen-bond donors (Lipinski definition) is 2. The first-order valence-electron chi connectivity index (χ1n) is 4.95. The lowest BCUT2D eigenvalue weighted by Crippen LogP contribution is -2.28. The van der Waals surface area contributed by atoms with Crippen LogP contribution in [0, 0.1) is 0 Å². The predicted octanol–water partition coefficient (Wildman–Crippen LogP) is 1.63. The molecular formula is C10H16BrN3O. The Morgan fingerprint density at radius 2 is 2.20 bits per heavy atom. The van der Waals surface area contributed by atoms with Gasteiger partial charge in [-0.05, 0) is 22.4 Å². The van der Waals surface area contributed by atoms with Crippen LogP contribution in [0.15, 0.2) is 16.9 Å². The summed E-state index contributed by atoms with van der Waals surface area (Å²) in [6, 6.07) is 0. The zero-order valence-electron chi connectivity index (χ0n) is 8.78. The fraction of sp³-hybridized carbons (Fsp3) is 0.500. The van der Waals surface area contributed by atoms with E-state index in [0.29, 0.717) is 12.2 Å². The molecule has 1 aromatic heterocycles. The maximum atomic E-state index is 8.99. The van der Waals surface area contributed by atoms with Crippen molar-refractivity contribution < 1.29 is 5.11 Å². The van der Waals surface area contributed by atoms with Crippen LogP contribution in [0.3, 0.4) is 0 Å². The van der Waals surface area contributed by atoms with E-state index in [1.807, 2.05) is 0 Å². The molecule has 1 aromatic rings. The molecule has 0 saturated carbocycles. The number of nitrogens with two attached hydrogens (primary N) is 1. The first-order valence-corrected chi connectivity index (χ1v) is 5.74. The van der Waals surface area contributed by atoms with E-state index in [-0.39, 0.29) is 6.61 Å². The molecule has 0 aliphatic rings. The highest BCUT2D eigenvalue weighted by atomic mass is 79.9. The predicted molar refractivity (Wildman–Crippen MR) is 65.9 cm³/mol. The van der Waals surface area contributed by atoms with E-state index in [1.165, 1.54) is 0 Å². The molecule has 0 bridgehead atoms. The number of hydrogen-bond acceptors (Lipinski definition) is 4. The van der Waals surface area contributed by atoms with E-state index >= 15 is 0 Å². The van der Waals surface area contributed by atoms with Gasteiger partial charge in [0.25, 0.3) is 0 Å². The van der Waals surface area contributed by atoms with Gasteiger partial charge in [0, 0.05) is 19.3 Å². The Labute approximate surface area is 98.2 Å². The fourth-order valence-corrected chi connectivity index (χ4v) is 2.10. The van der Waals surface area contributed by atoms with Crippen molar-refractivity contribution in [2.24, 2.45) is 0 Å². The normalized spacial score (nSPS) is 10.3. The van der Waals surface area contributed by atoms with Crippen LogP contribution in [-0.2, 0) is 0 Å². The lowest BCUT2D eigenvalue weighted by molar-refractivity contribution is 0.302. The second kappa shape index (κ2) is 5.92. The zero-order valence-corrected chi connectivity index (χ0v) is 10.4. The van der Waals surface area contributed by atoms with Crippen molar-refractivity contribution in [3.05, 3.63) is 16.9 Å². The summed E-state index contributed by atoms with van der Waals surface area (Å²) in [6.07, 6.45) is 4.35. The Kier molecular flexibility index (Phi) is 4.84. The van der Waals surface area contributed by atoms with Crippen molar-refractivity contribution in [3.63, 3.8) is 0 Å². The Balaban J connectivity index is 2.98. The van der Waals surface area contributed by atoms with Gasteiger partial charge in [-0.1, -0.05) is 6.92 Å². The molecule has 0 saturated heterocycles. The molecule has 15 heavy (non-hydrogen) atoms. The van der Waals surface area contributed by atoms with E-state index in [4.69, 9.17) is 10.8 Å². The van der Waals surface area contributed by atoms with Crippen LogP contribution in [0.25, 0.3) is 0 Å². The van der Waals surface area contributed by atoms with E-state index in [1.54, 1.807) is 12.4 Å². The third-order valence-electron chi connectivity index (χ3n) is 2.08. The molecule has 84 valence electrons. The number of halogens is 1. The number of anilines is 2. The number of aliphatic hydroxyl groups excluding tert-OH is 1. The molecule has 0 atom stereocenters. The molecule has 0 aromatic carbocycles. The number of pyridine rings is 1. The van der Waals surface area contributed by atoms with E-state index < -0.39 is 0 Å². The molecule has 0 aliphatic heterocycles. The highest BCUT2D eigenvalue weighted by Crippen LogP contribution is 2.30. The van der Waals surface area contributed by atoms with Gasteiger partial charge in [-0.3, -0.25) is 4.98 Å². The first kappa shape index (κ1) is 12.3. The largest absolute Gasteiger partial charge is 0.396 e. The number of aromatic nitrogens is 1. The SMILES string of the molecule is CCCN(CCO)c1c(N)cncc1Br. The van der Waals surface area contributed by atoms with Crippen LogP contribution in [0.2, 0.25) is 0 Å². The molecule has 1 rings (SSSR count). The number of nitrogens with zero attached hydrogens (tertiary/aromatic N) is 2. The number of rotatable bonds is 5. The van der Waals surface area contributed by atoms with Gasteiger partial charge in [-0.2, -0.15) is 0 Å². The fourth-order valence-electron chi connectivity index (χ4n) is 1.50. The van der Waals surface area contributed by atoms with Gasteiger partial charge in [0.2, 0.25) is 0 Å². The minimum Gasteiger partial charge on any atom is -0.396 e. The average molecular weight is 274 g/mol. The van der Waals surface area contributed by atoms with Crippen molar-refractivity contribution in [2.45, 2.75) is 13.3 Å². The van der Waals surface area contributed by atoms with Crippen LogP contribution in [-0.4, -0.2) is 29.8 Å². The maximum Gasteiger partial charge on any atom is 0.0776 e. The van der Waals surface area contributed by atoms with Crippen LogP contribution >= 0.6 is 15.9 Å². The Hall–Kier alpha value is -0.810. The topological polar surface area (TPSA) is 62.4 Å². The zero-order chi connectivity index (χ0) is 11.3. The third-order valence-corrected chi connectivity index (χ3v) is 2.66. The maximum absolute atomic E-state index is 8.99. The number of nitrogen functional groups attached to an aromatic ring is 1. The first-order chi connectivity index (χ1) is 7.20. The van der Waals surface area contributed by atoms with Crippen molar-refractivity contribution >= 4 is 27.3 Å². The van der Waals surface area contributed by atoms with Crippen molar-refractivity contribution in [1.29, 1.82) is 0 Å². The van der Waals surface area contributed by atoms with Gasteiger partial charge in [0.15, 0.2) is 0 Å². The molecular weight excluding hydrogens is 258 g/mol. The average Bonchev–Trinajstić information content (AvgIpc) is 2.18. The molecule has 0 radical (unpaired) electrons. The molecule has 5 heteroatoms. The molecule has 0 unspecified atom stereocenters. The summed E-state index contributed by atoms with van der Waals surface area (Å²) in [5, 5.41) is 8.99. The quantitative estimate of drug-likeness (QED) is 0.856. The van der Waals surface area contributed by atoms with Gasteiger partial charge in [0.05, 0.1) is 28.7 Å². The van der Waals surface area contributed by atoms with Crippen LogP contribution < -0.4 is 10.6 Å². The second-order valence-corrected chi connectivity index (χ2v) is 4.12. The Morgan fingerprint density at radius 1 is 1.47 bits per heavy atom. The van der Waals surface area contributed by atoms with Gasteiger partial charge in [-0.15, -0.1) is 0 Å². The van der Waals surface area contributed by atoms with Crippen LogP contribution in [0.1, 0.15) is 13.3 Å². The van der Waals surface area contributed by atoms with Gasteiger partial charge < -0.3 is 15.7 Å². The molecule has 0 fully saturated rings. The minimum atomic E-state index is 0.119. The summed E-state index contributed by atoms with van der Waals surface area (Å²) in [5.41, 5.74) is 7.42. The smallest absolute Gasteiger partial charge is 0.0776 e. The Morgan fingerprint density at radius 3 is 2.73 bits per heavy atom. The summed E-state index contributed by atoms with van der Waals surface area (Å²) in [7, 11) is 0. The van der Waals surface area contributed by atoms with Gasteiger partial charge in [0.1, 0.15) is 0 Å². The van der Waals surface area contributed by atoms with Crippen LogP contribution in [0.4, 0.5) is 11.4 Å². The van der Waals surface area contributed by atoms with Gasteiger partial charge in [-0.25, -0.2) is 0 Å². The molecule has 0 aliphatic carbocycles. The standard InChI is InChI=1S/C10H16BrN3O/c1-2-3-14(4-5-15)10-8(11)6-13-7-9(10)12/h6-7,15H,2-5,12H2,1H3. The highest BCUT2D eigenvalue weighted by Gasteiger charge is 2.12. The number of aliphatic hydroxyl groups is 1. The summed E-state index contributed by atoms with van der Waals surface area (Å²) in [5.74, 6) is 0. The van der Waals surface area contributed by atoms with Gasteiger partial charge >= 0.3 is 0 Å². The lowest BCUT2D eigenvalue weighted by atomic mass is 10.3. The summed E-state index contributed by atoms with van der Waals surface area (Å²) in [4.78, 5) is 6.04. The molecule has 3 N–H and O–H groups in total. The van der Waals surface area contributed by atoms with Crippen LogP contribution in [0.5, 0.6) is 0 Å². The molecule has 4 nitrogen and oxygen atoms in total. The minimum absolute atomic E-state index is 0.119. The molecule has 0 amide bonds. The second-order valence-electron chi connectivity index (χ2n) is 3.27. The summed E-state index contributed by atoms with van der Waals surface area (Å²) < 4.78 is 0.865. The molecule has 1 heterocycles. The van der Waals surface area contributed by atoms with E-state index in [0.717, 1.165) is 23.1 Å². The Bertz CT molecular complexity index is 293. The lowest BCUT2D eigenvalue weighted by Gasteiger charge is -2.25. The summed E-state index contributed by atoms with van der Waals surface area (Å²) >= 11 is 3.42. The van der Waals surface area contributed by atoms with E-state index in [2.05, 4.69) is 32.7 Å². The molecule has 0 spiro atoms. The third kappa shape index (κ3) is 3.07. The van der Waals surface area contributed by atoms with E-state index in [9.17, 15) is 0 Å².